The van der Waals surface area contributed by atoms with E-state index in [1.54, 1.807) is 0 Å². The third-order valence-electron chi connectivity index (χ3n) is 2.17. The van der Waals surface area contributed by atoms with Crippen LogP contribution < -0.4 is 5.76 Å². The lowest BCUT2D eigenvalue weighted by molar-refractivity contribution is -0.384. The molecule has 0 atom stereocenters. The number of hydrogen-bond donors (Lipinski definition) is 0. The molecule has 0 N–H and O–H groups in total. The van der Waals surface area contributed by atoms with Crippen molar-refractivity contribution in [1.29, 1.82) is 0 Å². The van der Waals surface area contributed by atoms with Gasteiger partial charge < -0.3 is 4.42 Å². The highest BCUT2D eigenvalue weighted by atomic mass is 35.5. The Morgan fingerprint density at radius 3 is 2.88 bits per heavy atom. The number of benzene rings is 1. The Labute approximate surface area is 94.2 Å². The van der Waals surface area contributed by atoms with Crippen molar-refractivity contribution in [3.8, 4) is 0 Å². The van der Waals surface area contributed by atoms with Crippen LogP contribution in [-0.4, -0.2) is 15.4 Å². The van der Waals surface area contributed by atoms with Crippen LogP contribution in [0.3, 0.4) is 0 Å². The molecule has 16 heavy (non-hydrogen) atoms. The van der Waals surface area contributed by atoms with Crippen molar-refractivity contribution in [2.75, 3.05) is 5.88 Å². The van der Waals surface area contributed by atoms with E-state index in [0.717, 1.165) is 0 Å². The van der Waals surface area contributed by atoms with Crippen LogP contribution in [-0.2, 0) is 6.54 Å². The molecule has 6 nitrogen and oxygen atoms in total. The van der Waals surface area contributed by atoms with Gasteiger partial charge in [0, 0.05) is 24.6 Å². The monoisotopic (exact) mass is 242 g/mol. The largest absolute Gasteiger partial charge is 0.419 e. The number of aromatic nitrogens is 1. The fraction of sp³-hybridized carbons (Fsp3) is 0.222. The molecule has 0 spiro atoms. The molecule has 0 saturated carbocycles. The van der Waals surface area contributed by atoms with Crippen LogP contribution in [0.4, 0.5) is 5.69 Å². The highest BCUT2D eigenvalue weighted by molar-refractivity contribution is 6.17. The van der Waals surface area contributed by atoms with Crippen molar-refractivity contribution < 1.29 is 9.34 Å². The van der Waals surface area contributed by atoms with Gasteiger partial charge in [0.15, 0.2) is 5.58 Å². The summed E-state index contributed by atoms with van der Waals surface area (Å²) in [6.07, 6.45) is 0. The number of hydrogen-bond acceptors (Lipinski definition) is 4. The molecular formula is C9H7ClN2O4. The number of rotatable bonds is 3. The standard InChI is InChI=1S/C9H7ClN2O4/c10-3-4-11-7-5-6(12(14)15)1-2-8(7)16-9(11)13/h1-2,5H,3-4H2. The predicted octanol–water partition coefficient (Wildman–Crippen LogP) is 1.74. The van der Waals surface area contributed by atoms with Crippen LogP contribution in [0.25, 0.3) is 11.1 Å². The molecule has 0 aliphatic carbocycles. The highest BCUT2D eigenvalue weighted by Gasteiger charge is 2.13. The van der Waals surface area contributed by atoms with Gasteiger partial charge in [0.1, 0.15) is 0 Å². The van der Waals surface area contributed by atoms with Gasteiger partial charge >= 0.3 is 5.76 Å². The first-order valence-corrected chi connectivity index (χ1v) is 5.00. The van der Waals surface area contributed by atoms with E-state index >= 15 is 0 Å². The zero-order valence-corrected chi connectivity index (χ0v) is 8.81. The first-order chi connectivity index (χ1) is 7.63. The molecule has 0 fully saturated rings. The van der Waals surface area contributed by atoms with Gasteiger partial charge in [-0.15, -0.1) is 11.6 Å². The number of non-ortho nitro benzene ring substituents is 1. The van der Waals surface area contributed by atoms with Crippen molar-refractivity contribution in [3.05, 3.63) is 38.9 Å². The summed E-state index contributed by atoms with van der Waals surface area (Å²) >= 11 is 5.53. The van der Waals surface area contributed by atoms with E-state index in [1.807, 2.05) is 0 Å². The lowest BCUT2D eigenvalue weighted by Gasteiger charge is -1.97. The molecule has 0 radical (unpaired) electrons. The maximum absolute atomic E-state index is 11.4. The Morgan fingerprint density at radius 1 is 1.50 bits per heavy atom. The number of nitrogens with zero attached hydrogens (tertiary/aromatic N) is 2. The van der Waals surface area contributed by atoms with Crippen molar-refractivity contribution in [2.45, 2.75) is 6.54 Å². The quantitative estimate of drug-likeness (QED) is 0.467. The number of aryl methyl sites for hydroxylation is 1. The van der Waals surface area contributed by atoms with E-state index in [-0.39, 0.29) is 18.1 Å². The molecule has 7 heteroatoms. The minimum Gasteiger partial charge on any atom is -0.408 e. The molecule has 1 heterocycles. The summed E-state index contributed by atoms with van der Waals surface area (Å²) < 4.78 is 6.19. The second-order valence-corrected chi connectivity index (χ2v) is 3.50. The van der Waals surface area contributed by atoms with Crippen molar-refractivity contribution in [2.24, 2.45) is 0 Å². The van der Waals surface area contributed by atoms with Crippen molar-refractivity contribution in [1.82, 2.24) is 4.57 Å². The molecule has 0 unspecified atom stereocenters. The third kappa shape index (κ3) is 1.67. The molecule has 0 aliphatic rings. The van der Waals surface area contributed by atoms with E-state index in [1.165, 1.54) is 22.8 Å². The van der Waals surface area contributed by atoms with Crippen molar-refractivity contribution in [3.63, 3.8) is 0 Å². The van der Waals surface area contributed by atoms with Gasteiger partial charge in [-0.05, 0) is 6.07 Å². The fourth-order valence-corrected chi connectivity index (χ4v) is 1.63. The number of nitro groups is 1. The van der Waals surface area contributed by atoms with Crippen LogP contribution in [0.5, 0.6) is 0 Å². The molecule has 84 valence electrons. The Kier molecular flexibility index (Phi) is 2.66. The minimum absolute atomic E-state index is 0.0865. The average Bonchev–Trinajstić information content (AvgIpc) is 2.55. The van der Waals surface area contributed by atoms with E-state index in [9.17, 15) is 14.9 Å². The summed E-state index contributed by atoms with van der Waals surface area (Å²) in [7, 11) is 0. The Balaban J connectivity index is 2.69. The lowest BCUT2D eigenvalue weighted by Crippen LogP contribution is -2.14. The van der Waals surface area contributed by atoms with E-state index in [2.05, 4.69) is 0 Å². The van der Waals surface area contributed by atoms with Gasteiger partial charge in [-0.25, -0.2) is 4.79 Å². The average molecular weight is 243 g/mol. The van der Waals surface area contributed by atoms with Gasteiger partial charge in [-0.1, -0.05) is 0 Å². The maximum Gasteiger partial charge on any atom is 0.419 e. The summed E-state index contributed by atoms with van der Waals surface area (Å²) in [6.45, 7) is 0.258. The number of alkyl halides is 1. The van der Waals surface area contributed by atoms with Crippen LogP contribution in [0.15, 0.2) is 27.4 Å². The Hall–Kier alpha value is -1.82. The zero-order chi connectivity index (χ0) is 11.7. The fourth-order valence-electron chi connectivity index (χ4n) is 1.46. The molecule has 0 saturated heterocycles. The third-order valence-corrected chi connectivity index (χ3v) is 2.34. The molecule has 2 aromatic rings. The van der Waals surface area contributed by atoms with Crippen LogP contribution >= 0.6 is 11.6 Å². The number of fused-ring (bicyclic) bond motifs is 1. The zero-order valence-electron chi connectivity index (χ0n) is 8.05. The lowest BCUT2D eigenvalue weighted by atomic mass is 10.3. The second-order valence-electron chi connectivity index (χ2n) is 3.12. The molecule has 1 aromatic carbocycles. The van der Waals surface area contributed by atoms with Gasteiger partial charge in [0.2, 0.25) is 0 Å². The summed E-state index contributed by atoms with van der Waals surface area (Å²) in [5.74, 6) is -0.326. The SMILES string of the molecule is O=c1oc2ccc([N+](=O)[O-])cc2n1CCCl. The normalized spacial score (nSPS) is 10.8. The Bertz CT molecular complexity index is 601. The summed E-state index contributed by atoms with van der Waals surface area (Å²) in [4.78, 5) is 21.4. The highest BCUT2D eigenvalue weighted by Crippen LogP contribution is 2.19. The van der Waals surface area contributed by atoms with E-state index in [4.69, 9.17) is 16.0 Å². The van der Waals surface area contributed by atoms with E-state index < -0.39 is 10.7 Å². The minimum atomic E-state index is -0.559. The summed E-state index contributed by atoms with van der Waals surface area (Å²) in [6, 6.07) is 3.99. The van der Waals surface area contributed by atoms with Crippen LogP contribution in [0.1, 0.15) is 0 Å². The molecule has 2 rings (SSSR count). The van der Waals surface area contributed by atoms with Gasteiger partial charge in [0.05, 0.1) is 10.4 Å². The number of halogens is 1. The predicted molar refractivity (Wildman–Crippen MR) is 57.8 cm³/mol. The van der Waals surface area contributed by atoms with Gasteiger partial charge in [0.25, 0.3) is 5.69 Å². The summed E-state index contributed by atoms with van der Waals surface area (Å²) in [5, 5.41) is 10.6. The molecular weight excluding hydrogens is 236 g/mol. The number of oxazole rings is 1. The van der Waals surface area contributed by atoms with Crippen molar-refractivity contribution >= 4 is 28.4 Å². The second kappa shape index (κ2) is 3.97. The molecule has 1 aromatic heterocycles. The van der Waals surface area contributed by atoms with Gasteiger partial charge in [-0.3, -0.25) is 14.7 Å². The first kappa shape index (κ1) is 10.7. The molecule has 0 aliphatic heterocycles. The number of nitro benzene ring substituents is 1. The smallest absolute Gasteiger partial charge is 0.408 e. The van der Waals surface area contributed by atoms with E-state index in [0.29, 0.717) is 11.1 Å². The van der Waals surface area contributed by atoms with Gasteiger partial charge in [-0.2, -0.15) is 0 Å². The van der Waals surface area contributed by atoms with Crippen LogP contribution in [0.2, 0.25) is 0 Å². The Morgan fingerprint density at radius 2 is 2.25 bits per heavy atom. The first-order valence-electron chi connectivity index (χ1n) is 4.47. The topological polar surface area (TPSA) is 78.3 Å². The summed E-state index contributed by atoms with van der Waals surface area (Å²) in [5.41, 5.74) is 0.622. The molecule has 0 bridgehead atoms. The van der Waals surface area contributed by atoms with Crippen LogP contribution in [0, 0.1) is 10.1 Å². The molecule has 0 amide bonds. The maximum atomic E-state index is 11.4.